The molecule has 1 aliphatic heterocycles. The molecule has 0 unspecified atom stereocenters. The van der Waals surface area contributed by atoms with Gasteiger partial charge in [-0.2, -0.15) is 0 Å². The highest BCUT2D eigenvalue weighted by Crippen LogP contribution is 2.40. The molecule has 1 saturated carbocycles. The number of hydrogen-bond donors (Lipinski definition) is 1. The zero-order valence-corrected chi connectivity index (χ0v) is 11.5. The summed E-state index contributed by atoms with van der Waals surface area (Å²) in [6.45, 7) is 1.78. The van der Waals surface area contributed by atoms with Crippen molar-refractivity contribution < 1.29 is 19.1 Å². The van der Waals surface area contributed by atoms with E-state index >= 15 is 0 Å². The highest BCUT2D eigenvalue weighted by molar-refractivity contribution is 5.95. The van der Waals surface area contributed by atoms with Crippen molar-refractivity contribution in [3.8, 4) is 0 Å². The first-order valence-corrected chi connectivity index (χ1v) is 7.20. The second kappa shape index (κ2) is 4.96. The predicted octanol–water partition coefficient (Wildman–Crippen LogP) is 2.45. The van der Waals surface area contributed by atoms with E-state index in [2.05, 4.69) is 0 Å². The van der Waals surface area contributed by atoms with Crippen LogP contribution in [-0.4, -0.2) is 34.0 Å². The van der Waals surface area contributed by atoms with E-state index in [0.29, 0.717) is 18.1 Å². The average Bonchev–Trinajstić information content (AvgIpc) is 3.01. The minimum absolute atomic E-state index is 0.0581. The molecule has 5 heteroatoms. The van der Waals surface area contributed by atoms with Gasteiger partial charge in [0.15, 0.2) is 5.76 Å². The lowest BCUT2D eigenvalue weighted by atomic mass is 9.84. The molecule has 1 N–H and O–H groups in total. The number of nitrogens with zero attached hydrogens (tertiary/aromatic N) is 1. The summed E-state index contributed by atoms with van der Waals surface area (Å²) in [6.07, 6.45) is 4.70. The van der Waals surface area contributed by atoms with Gasteiger partial charge < -0.3 is 14.4 Å². The molecule has 1 aromatic rings. The Hall–Kier alpha value is -1.78. The maximum atomic E-state index is 12.6. The second-order valence-electron chi connectivity index (χ2n) is 5.82. The van der Waals surface area contributed by atoms with E-state index in [4.69, 9.17) is 4.42 Å². The zero-order chi connectivity index (χ0) is 14.3. The number of amides is 1. The lowest BCUT2D eigenvalue weighted by Gasteiger charge is -2.32. The van der Waals surface area contributed by atoms with Crippen LogP contribution >= 0.6 is 0 Å². The number of carbonyl (C=O) groups excluding carboxylic acids is 1. The minimum Gasteiger partial charge on any atom is -0.480 e. The normalized spacial score (nSPS) is 29.2. The van der Waals surface area contributed by atoms with Crippen LogP contribution in [0.4, 0.5) is 0 Å². The van der Waals surface area contributed by atoms with Gasteiger partial charge in [0, 0.05) is 6.04 Å². The maximum absolute atomic E-state index is 12.6. The number of furan rings is 1. The van der Waals surface area contributed by atoms with Crippen LogP contribution in [0.25, 0.3) is 0 Å². The van der Waals surface area contributed by atoms with Crippen LogP contribution in [0, 0.1) is 12.8 Å². The van der Waals surface area contributed by atoms with Crippen LogP contribution in [0.1, 0.15) is 48.4 Å². The van der Waals surface area contributed by atoms with Gasteiger partial charge in [-0.15, -0.1) is 0 Å². The molecule has 5 nitrogen and oxygen atoms in total. The van der Waals surface area contributed by atoms with E-state index in [1.807, 2.05) is 0 Å². The van der Waals surface area contributed by atoms with Crippen LogP contribution in [0.5, 0.6) is 0 Å². The first-order chi connectivity index (χ1) is 9.58. The standard InChI is InChI=1S/C15H19NO4/c1-9-6-7-13(20-9)14(17)16-11-5-3-2-4-10(11)8-12(16)15(18)19/h6-7,10-12H,2-5,8H2,1H3,(H,18,19)/t10-,11-,12-/m0/s1. The van der Waals surface area contributed by atoms with Crippen molar-refractivity contribution in [1.29, 1.82) is 0 Å². The van der Waals surface area contributed by atoms with E-state index < -0.39 is 12.0 Å². The highest BCUT2D eigenvalue weighted by atomic mass is 16.4. The van der Waals surface area contributed by atoms with Crippen molar-refractivity contribution in [3.63, 3.8) is 0 Å². The van der Waals surface area contributed by atoms with Crippen LogP contribution < -0.4 is 0 Å². The molecule has 2 fully saturated rings. The summed E-state index contributed by atoms with van der Waals surface area (Å²) in [6, 6.07) is 2.72. The lowest BCUT2D eigenvalue weighted by Crippen LogP contribution is -2.46. The molecule has 1 amide bonds. The van der Waals surface area contributed by atoms with E-state index in [0.717, 1.165) is 25.7 Å². The third-order valence-electron chi connectivity index (χ3n) is 4.56. The van der Waals surface area contributed by atoms with Gasteiger partial charge in [-0.25, -0.2) is 4.79 Å². The average molecular weight is 277 g/mol. The quantitative estimate of drug-likeness (QED) is 0.901. The molecule has 2 heterocycles. The van der Waals surface area contributed by atoms with Crippen LogP contribution in [-0.2, 0) is 4.79 Å². The summed E-state index contributed by atoms with van der Waals surface area (Å²) in [5.41, 5.74) is 0. The van der Waals surface area contributed by atoms with E-state index in [1.54, 1.807) is 24.0 Å². The van der Waals surface area contributed by atoms with Crippen molar-refractivity contribution in [1.82, 2.24) is 4.90 Å². The van der Waals surface area contributed by atoms with Gasteiger partial charge in [-0.3, -0.25) is 4.79 Å². The van der Waals surface area contributed by atoms with Crippen LogP contribution in [0.2, 0.25) is 0 Å². The monoisotopic (exact) mass is 277 g/mol. The topological polar surface area (TPSA) is 70.8 Å². The predicted molar refractivity (Wildman–Crippen MR) is 71.4 cm³/mol. The third-order valence-corrected chi connectivity index (χ3v) is 4.56. The van der Waals surface area contributed by atoms with Crippen LogP contribution in [0.15, 0.2) is 16.5 Å². The zero-order valence-electron chi connectivity index (χ0n) is 11.5. The molecule has 2 aliphatic rings. The SMILES string of the molecule is Cc1ccc(C(=O)N2[C@H](C(=O)O)C[C@@H]3CCCC[C@@H]32)o1. The number of rotatable bonds is 2. The fraction of sp³-hybridized carbons (Fsp3) is 0.600. The Kier molecular flexibility index (Phi) is 3.28. The molecule has 3 atom stereocenters. The molecule has 20 heavy (non-hydrogen) atoms. The van der Waals surface area contributed by atoms with Gasteiger partial charge in [0.25, 0.3) is 5.91 Å². The number of carboxylic acid groups (broad SMARTS) is 1. The second-order valence-corrected chi connectivity index (χ2v) is 5.82. The Morgan fingerprint density at radius 1 is 1.30 bits per heavy atom. The largest absolute Gasteiger partial charge is 0.480 e. The van der Waals surface area contributed by atoms with Crippen molar-refractivity contribution in [2.75, 3.05) is 0 Å². The van der Waals surface area contributed by atoms with Gasteiger partial charge >= 0.3 is 5.97 Å². The highest BCUT2D eigenvalue weighted by Gasteiger charge is 2.48. The third kappa shape index (κ3) is 2.11. The molecule has 1 saturated heterocycles. The number of aryl methyl sites for hydroxylation is 1. The fourth-order valence-electron chi connectivity index (χ4n) is 3.65. The molecular formula is C15H19NO4. The smallest absolute Gasteiger partial charge is 0.326 e. The van der Waals surface area contributed by atoms with Crippen LogP contribution in [0.3, 0.4) is 0 Å². The molecular weight excluding hydrogens is 258 g/mol. The Balaban J connectivity index is 1.90. The van der Waals surface area contributed by atoms with Crippen molar-refractivity contribution in [2.45, 2.75) is 51.1 Å². The molecule has 1 aromatic heterocycles. The first-order valence-electron chi connectivity index (χ1n) is 7.20. The van der Waals surface area contributed by atoms with Gasteiger partial charge in [0.05, 0.1) is 0 Å². The number of likely N-dealkylation sites (tertiary alicyclic amines) is 1. The van der Waals surface area contributed by atoms with Gasteiger partial charge in [0.1, 0.15) is 11.8 Å². The molecule has 0 spiro atoms. The van der Waals surface area contributed by atoms with Gasteiger partial charge in [-0.05, 0) is 44.2 Å². The number of fused-ring (bicyclic) bond motifs is 1. The Morgan fingerprint density at radius 2 is 2.05 bits per heavy atom. The molecule has 0 radical (unpaired) electrons. The molecule has 0 bridgehead atoms. The molecule has 1 aliphatic carbocycles. The fourth-order valence-corrected chi connectivity index (χ4v) is 3.65. The Bertz CT molecular complexity index is 536. The van der Waals surface area contributed by atoms with Gasteiger partial charge in [-0.1, -0.05) is 12.8 Å². The maximum Gasteiger partial charge on any atom is 0.326 e. The van der Waals surface area contributed by atoms with Crippen molar-refractivity contribution in [3.05, 3.63) is 23.7 Å². The number of aliphatic carboxylic acids is 1. The first kappa shape index (κ1) is 13.2. The number of carboxylic acids is 1. The minimum atomic E-state index is -0.906. The molecule has 108 valence electrons. The number of carbonyl (C=O) groups is 2. The van der Waals surface area contributed by atoms with E-state index in [1.165, 1.54) is 0 Å². The van der Waals surface area contributed by atoms with Crippen molar-refractivity contribution >= 4 is 11.9 Å². The Morgan fingerprint density at radius 3 is 2.70 bits per heavy atom. The van der Waals surface area contributed by atoms with Gasteiger partial charge in [0.2, 0.25) is 0 Å². The van der Waals surface area contributed by atoms with E-state index in [9.17, 15) is 14.7 Å². The lowest BCUT2D eigenvalue weighted by molar-refractivity contribution is -0.141. The van der Waals surface area contributed by atoms with Crippen molar-refractivity contribution in [2.24, 2.45) is 5.92 Å². The summed E-state index contributed by atoms with van der Waals surface area (Å²) < 4.78 is 5.38. The summed E-state index contributed by atoms with van der Waals surface area (Å²) in [7, 11) is 0. The summed E-state index contributed by atoms with van der Waals surface area (Å²) in [4.78, 5) is 25.6. The summed E-state index contributed by atoms with van der Waals surface area (Å²) in [5, 5.41) is 9.41. The Labute approximate surface area is 117 Å². The summed E-state index contributed by atoms with van der Waals surface area (Å²) >= 11 is 0. The molecule has 3 rings (SSSR count). The number of hydrogen-bond acceptors (Lipinski definition) is 3. The molecule has 0 aromatic carbocycles. The van der Waals surface area contributed by atoms with E-state index in [-0.39, 0.29) is 17.7 Å². The summed E-state index contributed by atoms with van der Waals surface area (Å²) in [5.74, 6) is 0.0559.